The zero-order chi connectivity index (χ0) is 25.1. The minimum Gasteiger partial charge on any atom is -0.497 e. The molecule has 178 valence electrons. The molecule has 3 amide bonds. The molecule has 0 aliphatic carbocycles. The van der Waals surface area contributed by atoms with Gasteiger partial charge in [-0.2, -0.15) is 0 Å². The molecule has 1 aliphatic heterocycles. The number of ether oxygens (including phenoxy) is 2. The van der Waals surface area contributed by atoms with Crippen LogP contribution >= 0.6 is 11.6 Å². The molecule has 0 unspecified atom stereocenters. The lowest BCUT2D eigenvalue weighted by Crippen LogP contribution is -2.32. The number of rotatable bonds is 7. The standard InChI is InChI=1S/C26H22ClN3O5/c1-15-7-9-17(10-8-15)29-24(31)16-5-4-6-18(13-16)28-23-22(27)25(32)30(26(23)33)20-12-11-19(34-2)14-21(20)35-3/h4-14,28H,1-3H3,(H,29,31). The summed E-state index contributed by atoms with van der Waals surface area (Å²) in [7, 11) is 2.92. The number of hydrogen-bond acceptors (Lipinski definition) is 6. The minimum absolute atomic E-state index is 0.106. The first-order chi connectivity index (χ1) is 16.8. The number of imide groups is 1. The van der Waals surface area contributed by atoms with Gasteiger partial charge in [-0.25, -0.2) is 4.90 Å². The van der Waals surface area contributed by atoms with E-state index in [1.165, 1.54) is 20.3 Å². The van der Waals surface area contributed by atoms with Crippen LogP contribution in [0.4, 0.5) is 17.1 Å². The van der Waals surface area contributed by atoms with Gasteiger partial charge in [0.15, 0.2) is 0 Å². The van der Waals surface area contributed by atoms with Gasteiger partial charge in [-0.05, 0) is 49.4 Å². The molecule has 0 saturated carbocycles. The molecule has 0 saturated heterocycles. The van der Waals surface area contributed by atoms with Gasteiger partial charge < -0.3 is 20.1 Å². The van der Waals surface area contributed by atoms with Crippen LogP contribution in [0, 0.1) is 6.92 Å². The zero-order valence-electron chi connectivity index (χ0n) is 19.2. The van der Waals surface area contributed by atoms with Crippen LogP contribution in [0.1, 0.15) is 15.9 Å². The predicted molar refractivity (Wildman–Crippen MR) is 134 cm³/mol. The average Bonchev–Trinajstić information content (AvgIpc) is 3.08. The summed E-state index contributed by atoms with van der Waals surface area (Å²) >= 11 is 6.25. The Balaban J connectivity index is 1.56. The summed E-state index contributed by atoms with van der Waals surface area (Å²) in [5, 5.41) is 5.43. The molecule has 0 radical (unpaired) electrons. The zero-order valence-corrected chi connectivity index (χ0v) is 20.0. The number of hydrogen-bond donors (Lipinski definition) is 2. The quantitative estimate of drug-likeness (QED) is 0.465. The van der Waals surface area contributed by atoms with E-state index in [4.69, 9.17) is 21.1 Å². The van der Waals surface area contributed by atoms with Crippen molar-refractivity contribution in [2.24, 2.45) is 0 Å². The van der Waals surface area contributed by atoms with Gasteiger partial charge in [-0.3, -0.25) is 14.4 Å². The number of carbonyl (C=O) groups is 3. The number of aryl methyl sites for hydroxylation is 1. The minimum atomic E-state index is -0.698. The molecule has 3 aromatic carbocycles. The summed E-state index contributed by atoms with van der Waals surface area (Å²) in [6, 6.07) is 18.6. The largest absolute Gasteiger partial charge is 0.497 e. The van der Waals surface area contributed by atoms with Crippen LogP contribution in [0.2, 0.25) is 0 Å². The van der Waals surface area contributed by atoms with Gasteiger partial charge in [0.25, 0.3) is 17.7 Å². The van der Waals surface area contributed by atoms with Crippen molar-refractivity contribution >= 4 is 46.4 Å². The van der Waals surface area contributed by atoms with Crippen molar-refractivity contribution in [3.63, 3.8) is 0 Å². The van der Waals surface area contributed by atoms with Crippen molar-refractivity contribution in [3.8, 4) is 11.5 Å². The third-order valence-electron chi connectivity index (χ3n) is 5.36. The number of methoxy groups -OCH3 is 2. The van der Waals surface area contributed by atoms with E-state index < -0.39 is 11.8 Å². The van der Waals surface area contributed by atoms with Crippen LogP contribution in [0.25, 0.3) is 0 Å². The highest BCUT2D eigenvalue weighted by Gasteiger charge is 2.40. The Labute approximate surface area is 207 Å². The van der Waals surface area contributed by atoms with Gasteiger partial charge in [0.2, 0.25) is 0 Å². The van der Waals surface area contributed by atoms with Crippen molar-refractivity contribution in [2.75, 3.05) is 29.8 Å². The Morgan fingerprint density at radius 1 is 0.886 bits per heavy atom. The van der Waals surface area contributed by atoms with Crippen molar-refractivity contribution in [1.29, 1.82) is 0 Å². The fourth-order valence-corrected chi connectivity index (χ4v) is 3.74. The Morgan fingerprint density at radius 2 is 1.63 bits per heavy atom. The molecule has 0 bridgehead atoms. The van der Waals surface area contributed by atoms with E-state index in [1.807, 2.05) is 31.2 Å². The number of halogens is 1. The van der Waals surface area contributed by atoms with Crippen LogP contribution in [-0.4, -0.2) is 31.9 Å². The highest BCUT2D eigenvalue weighted by atomic mass is 35.5. The van der Waals surface area contributed by atoms with Crippen LogP contribution in [-0.2, 0) is 9.59 Å². The van der Waals surface area contributed by atoms with Crippen molar-refractivity contribution < 1.29 is 23.9 Å². The summed E-state index contributed by atoms with van der Waals surface area (Å²) in [5.41, 5.74) is 2.63. The monoisotopic (exact) mass is 491 g/mol. The summed E-state index contributed by atoms with van der Waals surface area (Å²) in [4.78, 5) is 39.7. The molecule has 0 atom stereocenters. The fraction of sp³-hybridized carbons (Fsp3) is 0.115. The first kappa shape index (κ1) is 23.8. The summed E-state index contributed by atoms with van der Waals surface area (Å²) in [6.07, 6.45) is 0. The van der Waals surface area contributed by atoms with E-state index in [0.717, 1.165) is 10.5 Å². The summed E-state index contributed by atoms with van der Waals surface area (Å²) in [5.74, 6) is -0.903. The molecular weight excluding hydrogens is 470 g/mol. The number of nitrogens with zero attached hydrogens (tertiary/aromatic N) is 1. The molecule has 1 aliphatic rings. The highest BCUT2D eigenvalue weighted by molar-refractivity contribution is 6.53. The average molecular weight is 492 g/mol. The van der Waals surface area contributed by atoms with Gasteiger partial charge in [0.05, 0.1) is 19.9 Å². The normalized spacial score (nSPS) is 13.2. The molecule has 4 rings (SSSR count). The van der Waals surface area contributed by atoms with Crippen LogP contribution in [0.15, 0.2) is 77.5 Å². The molecular formula is C26H22ClN3O5. The summed E-state index contributed by atoms with van der Waals surface area (Å²) in [6.45, 7) is 1.96. The van der Waals surface area contributed by atoms with E-state index in [1.54, 1.807) is 36.4 Å². The summed E-state index contributed by atoms with van der Waals surface area (Å²) < 4.78 is 10.5. The highest BCUT2D eigenvalue weighted by Crippen LogP contribution is 2.37. The number of amides is 3. The predicted octanol–water partition coefficient (Wildman–Crippen LogP) is 4.70. The van der Waals surface area contributed by atoms with Gasteiger partial charge in [-0.1, -0.05) is 35.4 Å². The van der Waals surface area contributed by atoms with Crippen LogP contribution in [0.5, 0.6) is 11.5 Å². The van der Waals surface area contributed by atoms with Gasteiger partial charge in [0.1, 0.15) is 22.2 Å². The molecule has 0 fully saturated rings. The molecule has 9 heteroatoms. The van der Waals surface area contributed by atoms with Crippen LogP contribution < -0.4 is 25.0 Å². The van der Waals surface area contributed by atoms with Gasteiger partial charge in [0, 0.05) is 23.0 Å². The van der Waals surface area contributed by atoms with Crippen LogP contribution in [0.3, 0.4) is 0 Å². The van der Waals surface area contributed by atoms with Crippen molar-refractivity contribution in [1.82, 2.24) is 0 Å². The van der Waals surface area contributed by atoms with Gasteiger partial charge >= 0.3 is 0 Å². The third kappa shape index (κ3) is 4.83. The Hall–Kier alpha value is -4.30. The fourth-order valence-electron chi connectivity index (χ4n) is 3.52. The maximum Gasteiger partial charge on any atom is 0.283 e. The third-order valence-corrected chi connectivity index (χ3v) is 5.71. The van der Waals surface area contributed by atoms with Gasteiger partial charge in [-0.15, -0.1) is 0 Å². The number of benzene rings is 3. The molecule has 0 aromatic heterocycles. The number of carbonyl (C=O) groups excluding carboxylic acids is 3. The Kier molecular flexibility index (Phi) is 6.75. The Bertz CT molecular complexity index is 1350. The molecule has 1 heterocycles. The lowest BCUT2D eigenvalue weighted by atomic mass is 10.1. The lowest BCUT2D eigenvalue weighted by Gasteiger charge is -2.18. The van der Waals surface area contributed by atoms with E-state index >= 15 is 0 Å². The second-order valence-electron chi connectivity index (χ2n) is 7.70. The molecule has 35 heavy (non-hydrogen) atoms. The second kappa shape index (κ2) is 9.90. The smallest absolute Gasteiger partial charge is 0.283 e. The second-order valence-corrected chi connectivity index (χ2v) is 8.08. The van der Waals surface area contributed by atoms with E-state index in [-0.39, 0.29) is 28.1 Å². The topological polar surface area (TPSA) is 97.0 Å². The molecule has 0 spiro atoms. The first-order valence-corrected chi connectivity index (χ1v) is 11.0. The number of nitrogens with one attached hydrogen (secondary N) is 2. The first-order valence-electron chi connectivity index (χ1n) is 10.6. The maximum absolute atomic E-state index is 13.2. The molecule has 3 aromatic rings. The van der Waals surface area contributed by atoms with Crippen molar-refractivity contribution in [2.45, 2.75) is 6.92 Å². The van der Waals surface area contributed by atoms with E-state index in [0.29, 0.717) is 22.7 Å². The maximum atomic E-state index is 13.2. The van der Waals surface area contributed by atoms with Crippen molar-refractivity contribution in [3.05, 3.63) is 88.6 Å². The Morgan fingerprint density at radius 3 is 2.31 bits per heavy atom. The van der Waals surface area contributed by atoms with E-state index in [2.05, 4.69) is 10.6 Å². The lowest BCUT2D eigenvalue weighted by molar-refractivity contribution is -0.120. The number of anilines is 3. The molecule has 8 nitrogen and oxygen atoms in total. The molecule has 2 N–H and O–H groups in total. The SMILES string of the molecule is COc1ccc(N2C(=O)C(Cl)=C(Nc3cccc(C(=O)Nc4ccc(C)cc4)c3)C2=O)c(OC)c1. The van der Waals surface area contributed by atoms with E-state index in [9.17, 15) is 14.4 Å².